The molecular weight excluding hydrogens is 338 g/mol. The number of nitrogens with two attached hydrogens (primary N) is 1. The van der Waals surface area contributed by atoms with Gasteiger partial charge in [0.2, 0.25) is 0 Å². The molecule has 0 aliphatic heterocycles. The van der Waals surface area contributed by atoms with Crippen LogP contribution < -0.4 is 5.73 Å². The standard InChI is InChI=1S/C22H23N3O2/c1-14(13-25(2)3)20(26)12-15-5-4-6-16(11-15)17-7-8-19(22(23)27)21-18(17)9-10-24-21/h4-11,24H,1,12-13H2,2-3H3,(H2,23,27). The fourth-order valence-corrected chi connectivity index (χ4v) is 3.24. The van der Waals surface area contributed by atoms with Crippen LogP contribution in [-0.2, 0) is 11.2 Å². The van der Waals surface area contributed by atoms with Gasteiger partial charge < -0.3 is 15.6 Å². The Morgan fingerprint density at radius 1 is 1.15 bits per heavy atom. The number of aromatic nitrogens is 1. The highest BCUT2D eigenvalue weighted by molar-refractivity contribution is 6.09. The highest BCUT2D eigenvalue weighted by Gasteiger charge is 2.14. The first kappa shape index (κ1) is 18.6. The Balaban J connectivity index is 1.93. The van der Waals surface area contributed by atoms with E-state index < -0.39 is 5.91 Å². The van der Waals surface area contributed by atoms with Crippen molar-refractivity contribution in [1.82, 2.24) is 9.88 Å². The number of carbonyl (C=O) groups excluding carboxylic acids is 2. The van der Waals surface area contributed by atoms with Crippen LogP contribution in [0.3, 0.4) is 0 Å². The Bertz CT molecular complexity index is 1030. The number of primary amides is 1. The molecule has 0 unspecified atom stereocenters. The van der Waals surface area contributed by atoms with Crippen molar-refractivity contribution in [2.75, 3.05) is 20.6 Å². The van der Waals surface area contributed by atoms with E-state index in [0.717, 1.165) is 27.6 Å². The first-order valence-corrected chi connectivity index (χ1v) is 8.71. The van der Waals surface area contributed by atoms with Crippen molar-refractivity contribution in [3.05, 3.63) is 71.9 Å². The smallest absolute Gasteiger partial charge is 0.250 e. The molecule has 3 N–H and O–H groups in total. The number of ketones is 1. The SMILES string of the molecule is C=C(CN(C)C)C(=O)Cc1cccc(-c2ccc(C(N)=O)c3[nH]ccc23)c1. The van der Waals surface area contributed by atoms with Gasteiger partial charge in [-0.2, -0.15) is 0 Å². The van der Waals surface area contributed by atoms with Gasteiger partial charge in [-0.3, -0.25) is 9.59 Å². The third-order valence-corrected chi connectivity index (χ3v) is 4.49. The number of Topliss-reactive ketones (excluding diaryl/α,β-unsaturated/α-hetero) is 1. The van der Waals surface area contributed by atoms with E-state index in [2.05, 4.69) is 11.6 Å². The summed E-state index contributed by atoms with van der Waals surface area (Å²) < 4.78 is 0. The molecule has 0 bridgehead atoms. The molecule has 0 radical (unpaired) electrons. The second-order valence-corrected chi connectivity index (χ2v) is 6.93. The zero-order valence-corrected chi connectivity index (χ0v) is 15.6. The third kappa shape index (κ3) is 3.99. The zero-order valence-electron chi connectivity index (χ0n) is 15.6. The second-order valence-electron chi connectivity index (χ2n) is 6.93. The van der Waals surface area contributed by atoms with Crippen molar-refractivity contribution in [2.24, 2.45) is 5.73 Å². The number of nitrogens with zero attached hydrogens (tertiary/aromatic N) is 1. The summed E-state index contributed by atoms with van der Waals surface area (Å²) in [6.07, 6.45) is 2.11. The summed E-state index contributed by atoms with van der Waals surface area (Å²) in [5, 5.41) is 0.923. The maximum atomic E-state index is 12.4. The lowest BCUT2D eigenvalue weighted by Crippen LogP contribution is -2.20. The quantitative estimate of drug-likeness (QED) is 0.635. The molecule has 3 aromatic rings. The van der Waals surface area contributed by atoms with Gasteiger partial charge in [0.05, 0.1) is 11.1 Å². The van der Waals surface area contributed by atoms with E-state index in [1.165, 1.54) is 0 Å². The molecule has 0 saturated heterocycles. The van der Waals surface area contributed by atoms with Crippen LogP contribution in [0.15, 0.2) is 60.8 Å². The molecule has 0 atom stereocenters. The van der Waals surface area contributed by atoms with E-state index in [1.807, 2.05) is 55.4 Å². The van der Waals surface area contributed by atoms with Gasteiger partial charge in [-0.15, -0.1) is 0 Å². The first-order chi connectivity index (χ1) is 12.9. The van der Waals surface area contributed by atoms with Gasteiger partial charge in [0.1, 0.15) is 0 Å². The number of H-pyrrole nitrogens is 1. The maximum Gasteiger partial charge on any atom is 0.250 e. The van der Waals surface area contributed by atoms with Gasteiger partial charge in [0.15, 0.2) is 5.78 Å². The topological polar surface area (TPSA) is 79.2 Å². The van der Waals surface area contributed by atoms with Crippen LogP contribution in [0.4, 0.5) is 0 Å². The molecule has 27 heavy (non-hydrogen) atoms. The Morgan fingerprint density at radius 3 is 2.63 bits per heavy atom. The van der Waals surface area contributed by atoms with E-state index >= 15 is 0 Å². The second kappa shape index (κ2) is 7.60. The van der Waals surface area contributed by atoms with Gasteiger partial charge in [-0.05, 0) is 42.9 Å². The van der Waals surface area contributed by atoms with Crippen LogP contribution in [0.25, 0.3) is 22.0 Å². The van der Waals surface area contributed by atoms with Crippen LogP contribution >= 0.6 is 0 Å². The minimum absolute atomic E-state index is 0.0386. The molecule has 1 aromatic heterocycles. The van der Waals surface area contributed by atoms with Crippen LogP contribution in [0.1, 0.15) is 15.9 Å². The van der Waals surface area contributed by atoms with Crippen LogP contribution in [0.2, 0.25) is 0 Å². The first-order valence-electron chi connectivity index (χ1n) is 8.71. The van der Waals surface area contributed by atoms with E-state index in [9.17, 15) is 9.59 Å². The lowest BCUT2D eigenvalue weighted by molar-refractivity contribution is -0.115. The van der Waals surface area contributed by atoms with Gasteiger partial charge in [0, 0.05) is 30.1 Å². The lowest BCUT2D eigenvalue weighted by Gasteiger charge is -2.12. The molecule has 1 heterocycles. The monoisotopic (exact) mass is 361 g/mol. The molecule has 5 nitrogen and oxygen atoms in total. The Hall–Kier alpha value is -3.18. The normalized spacial score (nSPS) is 11.1. The van der Waals surface area contributed by atoms with Gasteiger partial charge >= 0.3 is 0 Å². The fraction of sp³-hybridized carbons (Fsp3) is 0.182. The maximum absolute atomic E-state index is 12.4. The average Bonchev–Trinajstić information content (AvgIpc) is 3.09. The number of carbonyl (C=O) groups is 2. The van der Waals surface area contributed by atoms with Crippen molar-refractivity contribution in [3.63, 3.8) is 0 Å². The molecule has 3 rings (SSSR count). The highest BCUT2D eigenvalue weighted by atomic mass is 16.1. The van der Waals surface area contributed by atoms with E-state index in [1.54, 1.807) is 12.3 Å². The minimum atomic E-state index is -0.465. The Morgan fingerprint density at radius 2 is 1.93 bits per heavy atom. The Kier molecular flexibility index (Phi) is 5.23. The average molecular weight is 361 g/mol. The van der Waals surface area contributed by atoms with E-state index in [0.29, 0.717) is 24.1 Å². The summed E-state index contributed by atoms with van der Waals surface area (Å²) in [5.74, 6) is -0.426. The molecule has 0 aliphatic rings. The number of likely N-dealkylation sites (N-methyl/N-ethyl adjacent to an activating group) is 1. The molecule has 1 amide bonds. The van der Waals surface area contributed by atoms with Crippen molar-refractivity contribution in [1.29, 1.82) is 0 Å². The van der Waals surface area contributed by atoms with Gasteiger partial charge in [0.25, 0.3) is 5.91 Å². The number of hydrogen-bond acceptors (Lipinski definition) is 3. The van der Waals surface area contributed by atoms with E-state index in [-0.39, 0.29) is 5.78 Å². The van der Waals surface area contributed by atoms with Crippen molar-refractivity contribution >= 4 is 22.6 Å². The van der Waals surface area contributed by atoms with Crippen LogP contribution in [-0.4, -0.2) is 42.2 Å². The highest BCUT2D eigenvalue weighted by Crippen LogP contribution is 2.31. The summed E-state index contributed by atoms with van der Waals surface area (Å²) in [7, 11) is 3.83. The number of aromatic amines is 1. The minimum Gasteiger partial charge on any atom is -0.366 e. The summed E-state index contributed by atoms with van der Waals surface area (Å²) >= 11 is 0. The molecule has 0 saturated carbocycles. The Labute approximate surface area is 158 Å². The molecule has 138 valence electrons. The predicted molar refractivity (Wildman–Crippen MR) is 109 cm³/mol. The summed E-state index contributed by atoms with van der Waals surface area (Å²) in [5.41, 5.74) is 10.1. The van der Waals surface area contributed by atoms with Gasteiger partial charge in [-0.25, -0.2) is 0 Å². The van der Waals surface area contributed by atoms with Crippen molar-refractivity contribution < 1.29 is 9.59 Å². The fourth-order valence-electron chi connectivity index (χ4n) is 3.24. The number of fused-ring (bicyclic) bond motifs is 1. The molecule has 5 heteroatoms. The largest absolute Gasteiger partial charge is 0.366 e. The van der Waals surface area contributed by atoms with Gasteiger partial charge in [-0.1, -0.05) is 36.9 Å². The van der Waals surface area contributed by atoms with Crippen molar-refractivity contribution in [3.8, 4) is 11.1 Å². The summed E-state index contributed by atoms with van der Waals surface area (Å²) in [6.45, 7) is 4.45. The molecule has 0 aliphatic carbocycles. The number of benzene rings is 2. The number of rotatable bonds is 7. The number of hydrogen-bond donors (Lipinski definition) is 2. The lowest BCUT2D eigenvalue weighted by atomic mass is 9.95. The van der Waals surface area contributed by atoms with Crippen LogP contribution in [0, 0.1) is 0 Å². The van der Waals surface area contributed by atoms with Crippen LogP contribution in [0.5, 0.6) is 0 Å². The predicted octanol–water partition coefficient (Wildman–Crippen LogP) is 3.16. The third-order valence-electron chi connectivity index (χ3n) is 4.49. The van der Waals surface area contributed by atoms with Crippen molar-refractivity contribution in [2.45, 2.75) is 6.42 Å². The number of nitrogens with one attached hydrogen (secondary N) is 1. The molecule has 0 spiro atoms. The zero-order chi connectivity index (χ0) is 19.6. The molecule has 2 aromatic carbocycles. The number of amides is 1. The summed E-state index contributed by atoms with van der Waals surface area (Å²) in [6, 6.07) is 13.4. The van der Waals surface area contributed by atoms with E-state index in [4.69, 9.17) is 5.73 Å². The summed E-state index contributed by atoms with van der Waals surface area (Å²) in [4.78, 5) is 29.1. The molecule has 0 fully saturated rings. The molecular formula is C22H23N3O2.